The van der Waals surface area contributed by atoms with Crippen LogP contribution in [0.25, 0.3) is 0 Å². The van der Waals surface area contributed by atoms with Crippen molar-refractivity contribution in [3.63, 3.8) is 0 Å². The number of nitrogens with one attached hydrogen (secondary N) is 1. The summed E-state index contributed by atoms with van der Waals surface area (Å²) in [5, 5.41) is 13.3. The third kappa shape index (κ3) is 6.09. The van der Waals surface area contributed by atoms with Gasteiger partial charge in [0.2, 0.25) is 0 Å². The average molecular weight is 328 g/mol. The Morgan fingerprint density at radius 1 is 1.48 bits per heavy atom. The van der Waals surface area contributed by atoms with E-state index in [-0.39, 0.29) is 25.6 Å². The maximum atomic E-state index is 12.0. The number of hydrogen-bond donors (Lipinski definition) is 2. The summed E-state index contributed by atoms with van der Waals surface area (Å²) in [6.07, 6.45) is 0.935. The monoisotopic (exact) mass is 328 g/mol. The number of amides is 2. The molecule has 0 aromatic rings. The summed E-state index contributed by atoms with van der Waals surface area (Å²) in [5.41, 5.74) is -1.62. The van der Waals surface area contributed by atoms with Crippen LogP contribution in [0.4, 0.5) is 9.59 Å². The van der Waals surface area contributed by atoms with Crippen LogP contribution in [0.3, 0.4) is 0 Å². The minimum atomic E-state index is -1.05. The number of rotatable bonds is 5. The molecule has 2 atom stereocenters. The maximum Gasteiger partial charge on any atom is 0.410 e. The molecule has 1 saturated heterocycles. The summed E-state index contributed by atoms with van der Waals surface area (Å²) in [4.78, 5) is 25.0. The highest BCUT2D eigenvalue weighted by atomic mass is 16.6. The number of likely N-dealkylation sites (tertiary alicyclic amines) is 1. The van der Waals surface area contributed by atoms with E-state index in [1.807, 2.05) is 6.92 Å². The van der Waals surface area contributed by atoms with Crippen molar-refractivity contribution in [2.45, 2.75) is 45.3 Å². The van der Waals surface area contributed by atoms with Gasteiger partial charge in [0.25, 0.3) is 0 Å². The Labute approximate surface area is 137 Å². The molecule has 1 aliphatic rings. The molecule has 2 unspecified atom stereocenters. The van der Waals surface area contributed by atoms with Gasteiger partial charge in [0.1, 0.15) is 12.2 Å². The van der Waals surface area contributed by atoms with Gasteiger partial charge in [0.05, 0.1) is 12.1 Å². The standard InChI is InChI=1S/C16H28N2O5/c1-6-9-22-13(19)17-10-12(2)16(21)7-8-18(11-16)14(20)23-15(3,4)5/h6,12,21H,1,7-11H2,2-5H3,(H,17,19). The van der Waals surface area contributed by atoms with Crippen molar-refractivity contribution in [1.29, 1.82) is 0 Å². The van der Waals surface area contributed by atoms with Gasteiger partial charge in [-0.2, -0.15) is 0 Å². The highest BCUT2D eigenvalue weighted by Crippen LogP contribution is 2.29. The summed E-state index contributed by atoms with van der Waals surface area (Å²) in [6.45, 7) is 11.7. The first-order chi connectivity index (χ1) is 10.6. The zero-order chi connectivity index (χ0) is 17.7. The highest BCUT2D eigenvalue weighted by Gasteiger charge is 2.43. The molecule has 1 heterocycles. The lowest BCUT2D eigenvalue weighted by Gasteiger charge is -2.30. The molecule has 1 aliphatic heterocycles. The van der Waals surface area contributed by atoms with Crippen molar-refractivity contribution in [3.8, 4) is 0 Å². The molecule has 0 bridgehead atoms. The van der Waals surface area contributed by atoms with Crippen LogP contribution in [0.15, 0.2) is 12.7 Å². The maximum absolute atomic E-state index is 12.0. The molecule has 1 fully saturated rings. The topological polar surface area (TPSA) is 88.1 Å². The van der Waals surface area contributed by atoms with Gasteiger partial charge >= 0.3 is 12.2 Å². The number of hydrogen-bond acceptors (Lipinski definition) is 5. The molecule has 1 rings (SSSR count). The number of ether oxygens (including phenoxy) is 2. The highest BCUT2D eigenvalue weighted by molar-refractivity contribution is 5.69. The number of aliphatic hydroxyl groups is 1. The minimum absolute atomic E-state index is 0.136. The molecule has 0 aliphatic carbocycles. The Morgan fingerprint density at radius 3 is 2.70 bits per heavy atom. The van der Waals surface area contributed by atoms with E-state index in [9.17, 15) is 14.7 Å². The number of β-amino-alcohol motifs (C(OH)–C–C–N with tert-alkyl or cyclic N) is 1. The lowest BCUT2D eigenvalue weighted by molar-refractivity contribution is -0.0103. The second kappa shape index (κ2) is 7.68. The molecule has 2 N–H and O–H groups in total. The fraction of sp³-hybridized carbons (Fsp3) is 0.750. The van der Waals surface area contributed by atoms with E-state index in [4.69, 9.17) is 9.47 Å². The largest absolute Gasteiger partial charge is 0.445 e. The van der Waals surface area contributed by atoms with Gasteiger partial charge in [-0.15, -0.1) is 0 Å². The van der Waals surface area contributed by atoms with Crippen molar-refractivity contribution in [3.05, 3.63) is 12.7 Å². The Hall–Kier alpha value is -1.76. The van der Waals surface area contributed by atoms with Crippen LogP contribution in [-0.4, -0.2) is 59.6 Å². The van der Waals surface area contributed by atoms with Gasteiger partial charge < -0.3 is 24.8 Å². The van der Waals surface area contributed by atoms with Crippen LogP contribution in [-0.2, 0) is 9.47 Å². The normalized spacial score (nSPS) is 22.4. The van der Waals surface area contributed by atoms with E-state index in [0.29, 0.717) is 13.0 Å². The minimum Gasteiger partial charge on any atom is -0.445 e. The number of alkyl carbamates (subject to hydrolysis) is 1. The second-order valence-corrected chi connectivity index (χ2v) is 6.92. The van der Waals surface area contributed by atoms with Gasteiger partial charge in [-0.05, 0) is 27.2 Å². The van der Waals surface area contributed by atoms with Gasteiger partial charge in [0, 0.05) is 19.0 Å². The van der Waals surface area contributed by atoms with Crippen molar-refractivity contribution in [1.82, 2.24) is 10.2 Å². The quantitative estimate of drug-likeness (QED) is 0.753. The van der Waals surface area contributed by atoms with E-state index >= 15 is 0 Å². The van der Waals surface area contributed by atoms with Crippen molar-refractivity contribution < 1.29 is 24.2 Å². The average Bonchev–Trinajstić information content (AvgIpc) is 2.84. The third-order valence-corrected chi connectivity index (χ3v) is 3.73. The summed E-state index contributed by atoms with van der Waals surface area (Å²) in [6, 6.07) is 0. The Morgan fingerprint density at radius 2 is 2.13 bits per heavy atom. The third-order valence-electron chi connectivity index (χ3n) is 3.73. The smallest absolute Gasteiger partial charge is 0.410 e. The van der Waals surface area contributed by atoms with Crippen LogP contribution in [0, 0.1) is 5.92 Å². The van der Waals surface area contributed by atoms with Crippen molar-refractivity contribution in [2.75, 3.05) is 26.2 Å². The molecule has 23 heavy (non-hydrogen) atoms. The van der Waals surface area contributed by atoms with Gasteiger partial charge in [-0.25, -0.2) is 9.59 Å². The summed E-state index contributed by atoms with van der Waals surface area (Å²) in [5.74, 6) is -0.230. The van der Waals surface area contributed by atoms with Crippen LogP contribution in [0.2, 0.25) is 0 Å². The van der Waals surface area contributed by atoms with Gasteiger partial charge in [-0.1, -0.05) is 19.6 Å². The SMILES string of the molecule is C=CCOC(=O)NCC(C)C1(O)CCN(C(=O)OC(C)(C)C)C1. The van der Waals surface area contributed by atoms with E-state index in [0.717, 1.165) is 0 Å². The summed E-state index contributed by atoms with van der Waals surface area (Å²) in [7, 11) is 0. The first-order valence-electron chi connectivity index (χ1n) is 7.79. The van der Waals surface area contributed by atoms with E-state index < -0.39 is 23.4 Å². The van der Waals surface area contributed by atoms with E-state index in [2.05, 4.69) is 11.9 Å². The fourth-order valence-electron chi connectivity index (χ4n) is 2.31. The van der Waals surface area contributed by atoms with Crippen LogP contribution >= 0.6 is 0 Å². The summed E-state index contributed by atoms with van der Waals surface area (Å²) < 4.78 is 10.1. The van der Waals surface area contributed by atoms with Crippen molar-refractivity contribution in [2.24, 2.45) is 5.92 Å². The lowest BCUT2D eigenvalue weighted by Crippen LogP contribution is -2.46. The second-order valence-electron chi connectivity index (χ2n) is 6.92. The molecule has 0 radical (unpaired) electrons. The molecule has 7 heteroatoms. The van der Waals surface area contributed by atoms with Crippen LogP contribution < -0.4 is 5.32 Å². The van der Waals surface area contributed by atoms with Crippen LogP contribution in [0.1, 0.15) is 34.1 Å². The van der Waals surface area contributed by atoms with Crippen molar-refractivity contribution >= 4 is 12.2 Å². The number of nitrogens with zero attached hydrogens (tertiary/aromatic N) is 1. The lowest BCUT2D eigenvalue weighted by atomic mass is 9.88. The molecular weight excluding hydrogens is 300 g/mol. The molecule has 0 aromatic heterocycles. The first kappa shape index (κ1) is 19.3. The van der Waals surface area contributed by atoms with Gasteiger partial charge in [-0.3, -0.25) is 0 Å². The van der Waals surface area contributed by atoms with E-state index in [1.165, 1.54) is 11.0 Å². The number of carbonyl (C=O) groups is 2. The molecule has 0 spiro atoms. The zero-order valence-corrected chi connectivity index (χ0v) is 14.4. The number of carbonyl (C=O) groups excluding carboxylic acids is 2. The Balaban J connectivity index is 2.49. The fourth-order valence-corrected chi connectivity index (χ4v) is 2.31. The Bertz CT molecular complexity index is 446. The molecule has 2 amide bonds. The predicted octanol–water partition coefficient (Wildman–Crippen LogP) is 1.91. The molecule has 0 aromatic carbocycles. The van der Waals surface area contributed by atoms with Gasteiger partial charge in [0.15, 0.2) is 0 Å². The first-order valence-corrected chi connectivity index (χ1v) is 7.79. The Kier molecular flexibility index (Phi) is 6.44. The molecular formula is C16H28N2O5. The van der Waals surface area contributed by atoms with E-state index in [1.54, 1.807) is 20.8 Å². The zero-order valence-electron chi connectivity index (χ0n) is 14.4. The molecule has 7 nitrogen and oxygen atoms in total. The molecule has 132 valence electrons. The summed E-state index contributed by atoms with van der Waals surface area (Å²) >= 11 is 0. The van der Waals surface area contributed by atoms with Crippen LogP contribution in [0.5, 0.6) is 0 Å². The predicted molar refractivity (Wildman–Crippen MR) is 86.1 cm³/mol. The molecule has 0 saturated carbocycles.